The lowest BCUT2D eigenvalue weighted by Gasteiger charge is -2.36. The second kappa shape index (κ2) is 6.93. The quantitative estimate of drug-likeness (QED) is 0.830. The van der Waals surface area contributed by atoms with Crippen LogP contribution in [-0.2, 0) is 4.79 Å². The molecule has 2 aliphatic carbocycles. The van der Waals surface area contributed by atoms with E-state index in [4.69, 9.17) is 5.73 Å². The molecule has 2 fully saturated rings. The third kappa shape index (κ3) is 3.97. The summed E-state index contributed by atoms with van der Waals surface area (Å²) in [5.41, 5.74) is 5.74. The number of hydrogen-bond donors (Lipinski definition) is 2. The summed E-state index contributed by atoms with van der Waals surface area (Å²) in [5.74, 6) is 2.27. The van der Waals surface area contributed by atoms with Crippen molar-refractivity contribution < 1.29 is 4.79 Å². The Kier molecular flexibility index (Phi) is 5.48. The number of rotatable bonds is 4. The highest BCUT2D eigenvalue weighted by atomic mass is 16.2. The number of nitrogens with one attached hydrogen (secondary N) is 1. The number of hydrogen-bond acceptors (Lipinski definition) is 2. The minimum atomic E-state index is -0.599. The maximum absolute atomic E-state index is 12.4. The number of nitrogens with two attached hydrogens (primary N) is 1. The van der Waals surface area contributed by atoms with Gasteiger partial charge in [0, 0.05) is 6.54 Å². The molecule has 2 aliphatic rings. The first-order valence-electron chi connectivity index (χ1n) is 8.60. The Morgan fingerprint density at radius 1 is 1.20 bits per heavy atom. The highest BCUT2D eigenvalue weighted by molar-refractivity contribution is 5.86. The summed E-state index contributed by atoms with van der Waals surface area (Å²) in [6.45, 7) is 5.33. The summed E-state index contributed by atoms with van der Waals surface area (Å²) in [6, 6.07) is 0. The van der Waals surface area contributed by atoms with Crippen molar-refractivity contribution in [3.63, 3.8) is 0 Å². The predicted molar refractivity (Wildman–Crippen MR) is 83.3 cm³/mol. The molecule has 0 radical (unpaired) electrons. The summed E-state index contributed by atoms with van der Waals surface area (Å²) in [5, 5.41) is 3.15. The minimum Gasteiger partial charge on any atom is -0.354 e. The molecular formula is C17H32N2O. The van der Waals surface area contributed by atoms with Crippen LogP contribution in [0.2, 0.25) is 0 Å². The Hall–Kier alpha value is -0.570. The van der Waals surface area contributed by atoms with Gasteiger partial charge in [-0.05, 0) is 43.4 Å². The molecule has 2 saturated carbocycles. The van der Waals surface area contributed by atoms with Gasteiger partial charge in [-0.3, -0.25) is 4.79 Å². The third-order valence-electron chi connectivity index (χ3n) is 5.58. The second-order valence-corrected chi connectivity index (χ2v) is 7.36. The molecule has 0 bridgehead atoms. The van der Waals surface area contributed by atoms with E-state index < -0.39 is 5.54 Å². The fourth-order valence-electron chi connectivity index (χ4n) is 4.06. The van der Waals surface area contributed by atoms with Gasteiger partial charge in [-0.25, -0.2) is 0 Å². The molecular weight excluding hydrogens is 248 g/mol. The van der Waals surface area contributed by atoms with E-state index in [2.05, 4.69) is 19.2 Å². The summed E-state index contributed by atoms with van der Waals surface area (Å²) >= 11 is 0. The maximum Gasteiger partial charge on any atom is 0.240 e. The fraction of sp³-hybridized carbons (Fsp3) is 0.941. The molecule has 2 rings (SSSR count). The van der Waals surface area contributed by atoms with Crippen LogP contribution in [0.4, 0.5) is 0 Å². The van der Waals surface area contributed by atoms with E-state index in [1.54, 1.807) is 0 Å². The van der Waals surface area contributed by atoms with Crippen molar-refractivity contribution in [2.45, 2.75) is 77.2 Å². The second-order valence-electron chi connectivity index (χ2n) is 7.36. The van der Waals surface area contributed by atoms with E-state index in [1.165, 1.54) is 38.5 Å². The number of amides is 1. The molecule has 116 valence electrons. The number of carbonyl (C=O) groups excluding carboxylic acids is 1. The molecule has 3 N–H and O–H groups in total. The zero-order chi connectivity index (χ0) is 14.6. The number of carbonyl (C=O) groups is 1. The summed E-state index contributed by atoms with van der Waals surface area (Å²) in [4.78, 5) is 12.4. The summed E-state index contributed by atoms with van der Waals surface area (Å²) in [6.07, 6.45) is 10.5. The van der Waals surface area contributed by atoms with Crippen LogP contribution in [0.3, 0.4) is 0 Å². The van der Waals surface area contributed by atoms with Crippen molar-refractivity contribution in [1.29, 1.82) is 0 Å². The van der Waals surface area contributed by atoms with E-state index in [9.17, 15) is 4.79 Å². The van der Waals surface area contributed by atoms with E-state index >= 15 is 0 Å². The first-order valence-corrected chi connectivity index (χ1v) is 8.60. The van der Waals surface area contributed by atoms with Crippen LogP contribution in [0.15, 0.2) is 0 Å². The molecule has 20 heavy (non-hydrogen) atoms. The van der Waals surface area contributed by atoms with E-state index in [0.717, 1.165) is 31.7 Å². The molecule has 0 heterocycles. The van der Waals surface area contributed by atoms with Crippen LogP contribution in [0.5, 0.6) is 0 Å². The highest BCUT2D eigenvalue weighted by Crippen LogP contribution is 2.32. The van der Waals surface area contributed by atoms with E-state index in [1.807, 2.05) is 0 Å². The van der Waals surface area contributed by atoms with Crippen molar-refractivity contribution in [3.05, 3.63) is 0 Å². The molecule has 0 aromatic heterocycles. The van der Waals surface area contributed by atoms with Gasteiger partial charge in [0.25, 0.3) is 0 Å². The van der Waals surface area contributed by atoms with Gasteiger partial charge in [0.2, 0.25) is 5.91 Å². The van der Waals surface area contributed by atoms with Crippen LogP contribution in [0.25, 0.3) is 0 Å². The molecule has 3 heteroatoms. The van der Waals surface area contributed by atoms with Gasteiger partial charge in [0.1, 0.15) is 0 Å². The Bertz CT molecular complexity index is 323. The van der Waals surface area contributed by atoms with Gasteiger partial charge in [-0.15, -0.1) is 0 Å². The van der Waals surface area contributed by atoms with Crippen molar-refractivity contribution in [2.75, 3.05) is 6.54 Å². The Balaban J connectivity index is 1.75. The van der Waals surface area contributed by atoms with Gasteiger partial charge in [0.05, 0.1) is 5.54 Å². The molecule has 0 aromatic rings. The van der Waals surface area contributed by atoms with E-state index in [-0.39, 0.29) is 5.91 Å². The van der Waals surface area contributed by atoms with Crippen LogP contribution < -0.4 is 11.1 Å². The smallest absolute Gasteiger partial charge is 0.240 e. The van der Waals surface area contributed by atoms with Gasteiger partial charge < -0.3 is 11.1 Å². The Morgan fingerprint density at radius 3 is 2.45 bits per heavy atom. The van der Waals surface area contributed by atoms with Crippen molar-refractivity contribution >= 4 is 5.91 Å². The van der Waals surface area contributed by atoms with Gasteiger partial charge >= 0.3 is 0 Å². The third-order valence-corrected chi connectivity index (χ3v) is 5.58. The standard InChI is InChI=1S/C17H32N2O/c1-3-14-6-8-15(9-7-14)12-19-16(20)17(18)10-4-5-13(2)11-17/h13-15H,3-12,18H2,1-2H3,(H,19,20). The van der Waals surface area contributed by atoms with Gasteiger partial charge in [0.15, 0.2) is 0 Å². The molecule has 2 unspecified atom stereocenters. The molecule has 1 amide bonds. The van der Waals surface area contributed by atoms with Crippen molar-refractivity contribution in [1.82, 2.24) is 5.32 Å². The molecule has 0 saturated heterocycles. The zero-order valence-corrected chi connectivity index (χ0v) is 13.3. The first kappa shape index (κ1) is 15.8. The normalized spacial score (nSPS) is 38.5. The van der Waals surface area contributed by atoms with Crippen LogP contribution >= 0.6 is 0 Å². The maximum atomic E-state index is 12.4. The topological polar surface area (TPSA) is 55.1 Å². The van der Waals surface area contributed by atoms with Crippen LogP contribution in [-0.4, -0.2) is 18.0 Å². The largest absolute Gasteiger partial charge is 0.354 e. The highest BCUT2D eigenvalue weighted by Gasteiger charge is 2.38. The summed E-state index contributed by atoms with van der Waals surface area (Å²) in [7, 11) is 0. The van der Waals surface area contributed by atoms with Crippen LogP contribution in [0, 0.1) is 17.8 Å². The van der Waals surface area contributed by atoms with Gasteiger partial charge in [-0.2, -0.15) is 0 Å². The Labute approximate surface area is 124 Å². The molecule has 0 aromatic carbocycles. The Morgan fingerprint density at radius 2 is 1.85 bits per heavy atom. The first-order chi connectivity index (χ1) is 9.53. The van der Waals surface area contributed by atoms with Crippen molar-refractivity contribution in [2.24, 2.45) is 23.5 Å². The minimum absolute atomic E-state index is 0.0988. The molecule has 2 atom stereocenters. The molecule has 0 aliphatic heterocycles. The predicted octanol–water partition coefficient (Wildman–Crippen LogP) is 3.23. The van der Waals surface area contributed by atoms with Crippen molar-refractivity contribution in [3.8, 4) is 0 Å². The summed E-state index contributed by atoms with van der Waals surface area (Å²) < 4.78 is 0. The molecule has 0 spiro atoms. The lowest BCUT2D eigenvalue weighted by molar-refractivity contribution is -0.128. The lowest BCUT2D eigenvalue weighted by atomic mass is 9.76. The van der Waals surface area contributed by atoms with Gasteiger partial charge in [-0.1, -0.05) is 46.0 Å². The zero-order valence-electron chi connectivity index (χ0n) is 13.3. The van der Waals surface area contributed by atoms with Crippen LogP contribution in [0.1, 0.15) is 71.6 Å². The monoisotopic (exact) mass is 280 g/mol. The van der Waals surface area contributed by atoms with E-state index in [0.29, 0.717) is 11.8 Å². The molecule has 3 nitrogen and oxygen atoms in total. The average molecular weight is 280 g/mol. The fourth-order valence-corrected chi connectivity index (χ4v) is 4.06. The SMILES string of the molecule is CCC1CCC(CNC(=O)C2(N)CCCC(C)C2)CC1. The lowest BCUT2D eigenvalue weighted by Crippen LogP contribution is -2.56. The average Bonchev–Trinajstić information content (AvgIpc) is 2.45.